The highest BCUT2D eigenvalue weighted by atomic mass is 35.5. The van der Waals surface area contributed by atoms with Gasteiger partial charge in [-0.25, -0.2) is 4.79 Å². The maximum Gasteiger partial charge on any atom is 0.319 e. The lowest BCUT2D eigenvalue weighted by Crippen LogP contribution is -2.54. The number of hydrogen-bond donors (Lipinski definition) is 2. The van der Waals surface area contributed by atoms with Crippen molar-refractivity contribution in [1.29, 1.82) is 0 Å². The second-order valence-corrected chi connectivity index (χ2v) is 9.78. The molecule has 1 aromatic carbocycles. The molecule has 1 saturated carbocycles. The molecule has 9 nitrogen and oxygen atoms in total. The van der Waals surface area contributed by atoms with Gasteiger partial charge in [0.1, 0.15) is 11.7 Å². The molecule has 4 amide bonds. The second-order valence-electron chi connectivity index (χ2n) is 9.35. The van der Waals surface area contributed by atoms with Gasteiger partial charge in [-0.1, -0.05) is 11.6 Å². The summed E-state index contributed by atoms with van der Waals surface area (Å²) in [5, 5.41) is 6.25. The van der Waals surface area contributed by atoms with E-state index in [1.165, 1.54) is 0 Å². The van der Waals surface area contributed by atoms with Crippen LogP contribution >= 0.6 is 11.6 Å². The largest absolute Gasteiger partial charge is 0.361 e. The van der Waals surface area contributed by atoms with Crippen molar-refractivity contribution in [2.45, 2.75) is 37.8 Å². The predicted octanol–water partition coefficient (Wildman–Crippen LogP) is 2.08. The van der Waals surface area contributed by atoms with Gasteiger partial charge in [-0.15, -0.1) is 0 Å². The average molecular weight is 473 g/mol. The third kappa shape index (κ3) is 4.59. The molecule has 176 valence electrons. The summed E-state index contributed by atoms with van der Waals surface area (Å²) in [5.41, 5.74) is 1.39. The van der Waals surface area contributed by atoms with E-state index in [-0.39, 0.29) is 29.8 Å². The van der Waals surface area contributed by atoms with Gasteiger partial charge in [0.15, 0.2) is 0 Å². The van der Waals surface area contributed by atoms with Crippen LogP contribution in [0.3, 0.4) is 0 Å². The monoisotopic (exact) mass is 472 g/mol. The first kappa shape index (κ1) is 21.9. The van der Waals surface area contributed by atoms with Gasteiger partial charge in [0.25, 0.3) is 5.91 Å². The Morgan fingerprint density at radius 3 is 2.39 bits per heavy atom. The molecule has 4 aliphatic rings. The van der Waals surface area contributed by atoms with E-state index in [1.54, 1.807) is 24.3 Å². The zero-order valence-corrected chi connectivity index (χ0v) is 19.4. The molecule has 5 rings (SSSR count). The fourth-order valence-electron chi connectivity index (χ4n) is 4.91. The summed E-state index contributed by atoms with van der Waals surface area (Å²) in [6, 6.07) is 6.08. The van der Waals surface area contributed by atoms with Crippen LogP contribution in [0.1, 0.15) is 25.7 Å². The number of urea groups is 1. The maximum absolute atomic E-state index is 13.3. The predicted molar refractivity (Wildman–Crippen MR) is 124 cm³/mol. The van der Waals surface area contributed by atoms with E-state index in [1.807, 2.05) is 27.9 Å². The molecular formula is C23H29ClN6O3. The fourth-order valence-corrected chi connectivity index (χ4v) is 5.04. The van der Waals surface area contributed by atoms with Gasteiger partial charge in [-0.3, -0.25) is 9.59 Å². The van der Waals surface area contributed by atoms with E-state index in [0.29, 0.717) is 30.5 Å². The Morgan fingerprint density at radius 2 is 1.76 bits per heavy atom. The Bertz CT molecular complexity index is 971. The molecule has 0 spiro atoms. The highest BCUT2D eigenvalue weighted by molar-refractivity contribution is 6.30. The minimum absolute atomic E-state index is 0.0279. The van der Waals surface area contributed by atoms with Crippen LogP contribution in [0.15, 0.2) is 36.2 Å². The van der Waals surface area contributed by atoms with Gasteiger partial charge in [0.2, 0.25) is 5.91 Å². The molecular weight excluding hydrogens is 444 g/mol. The molecule has 3 fully saturated rings. The van der Waals surface area contributed by atoms with E-state index in [2.05, 4.69) is 15.5 Å². The quantitative estimate of drug-likeness (QED) is 0.685. The van der Waals surface area contributed by atoms with Gasteiger partial charge < -0.3 is 30.2 Å². The van der Waals surface area contributed by atoms with Gasteiger partial charge in [-0.05, 0) is 55.9 Å². The highest BCUT2D eigenvalue weighted by Gasteiger charge is 2.43. The summed E-state index contributed by atoms with van der Waals surface area (Å²) < 4.78 is 0. The third-order valence-corrected chi connectivity index (χ3v) is 7.10. The summed E-state index contributed by atoms with van der Waals surface area (Å²) >= 11 is 5.89. The summed E-state index contributed by atoms with van der Waals surface area (Å²) in [7, 11) is 1.97. The number of nitrogens with zero attached hydrogens (tertiary/aromatic N) is 4. The van der Waals surface area contributed by atoms with Crippen LogP contribution in [0.5, 0.6) is 0 Å². The Balaban J connectivity index is 1.15. The SMILES string of the molecule is CN1C=C2C(=O)N(C3CCN(C(=O)C(NC(=O)Nc4ccc(Cl)cc4)C4CC4)CC3)CN2C1. The molecule has 33 heavy (non-hydrogen) atoms. The number of anilines is 1. The molecule has 0 bridgehead atoms. The summed E-state index contributed by atoms with van der Waals surface area (Å²) in [4.78, 5) is 46.5. The fraction of sp³-hybridized carbons (Fsp3) is 0.522. The molecule has 3 heterocycles. The van der Waals surface area contributed by atoms with Gasteiger partial charge in [-0.2, -0.15) is 0 Å². The Labute approximate surface area is 198 Å². The molecule has 0 aromatic heterocycles. The minimum Gasteiger partial charge on any atom is -0.361 e. The van der Waals surface area contributed by atoms with Crippen molar-refractivity contribution in [2.24, 2.45) is 5.92 Å². The highest BCUT2D eigenvalue weighted by Crippen LogP contribution is 2.34. The Kier molecular flexibility index (Phi) is 5.82. The normalized spacial score (nSPS) is 21.8. The Morgan fingerprint density at radius 1 is 1.06 bits per heavy atom. The van der Waals surface area contributed by atoms with E-state index in [4.69, 9.17) is 11.6 Å². The van der Waals surface area contributed by atoms with Crippen LogP contribution < -0.4 is 10.6 Å². The van der Waals surface area contributed by atoms with Crippen LogP contribution in [0.2, 0.25) is 5.02 Å². The van der Waals surface area contributed by atoms with Crippen molar-refractivity contribution < 1.29 is 14.4 Å². The molecule has 10 heteroatoms. The lowest BCUT2D eigenvalue weighted by atomic mass is 10.0. The number of amides is 4. The van der Waals surface area contributed by atoms with Crippen LogP contribution in [-0.2, 0) is 9.59 Å². The number of carbonyl (C=O) groups excluding carboxylic acids is 3. The zero-order valence-electron chi connectivity index (χ0n) is 18.7. The number of fused-ring (bicyclic) bond motifs is 1. The number of carbonyl (C=O) groups is 3. The van der Waals surface area contributed by atoms with Crippen molar-refractivity contribution >= 4 is 35.1 Å². The average Bonchev–Trinajstić information content (AvgIpc) is 3.52. The smallest absolute Gasteiger partial charge is 0.319 e. The summed E-state index contributed by atoms with van der Waals surface area (Å²) in [6.07, 6.45) is 5.29. The first-order valence-corrected chi connectivity index (χ1v) is 11.9. The number of hydrogen-bond acceptors (Lipinski definition) is 5. The second kappa shape index (κ2) is 8.78. The third-order valence-electron chi connectivity index (χ3n) is 6.85. The molecule has 1 aliphatic carbocycles. The first-order valence-electron chi connectivity index (χ1n) is 11.5. The maximum atomic E-state index is 13.3. The molecule has 2 saturated heterocycles. The molecule has 1 aromatic rings. The van der Waals surface area contributed by atoms with E-state index < -0.39 is 6.04 Å². The number of rotatable bonds is 5. The van der Waals surface area contributed by atoms with Crippen LogP contribution in [-0.4, -0.2) is 83.0 Å². The minimum atomic E-state index is -0.520. The van der Waals surface area contributed by atoms with Crippen molar-refractivity contribution in [3.05, 3.63) is 41.2 Å². The van der Waals surface area contributed by atoms with Crippen molar-refractivity contribution in [2.75, 3.05) is 38.8 Å². The van der Waals surface area contributed by atoms with Crippen molar-refractivity contribution in [3.8, 4) is 0 Å². The topological polar surface area (TPSA) is 88.2 Å². The van der Waals surface area contributed by atoms with Gasteiger partial charge in [0.05, 0.1) is 13.3 Å². The van der Waals surface area contributed by atoms with E-state index >= 15 is 0 Å². The standard InChI is InChI=1S/C23H29ClN6O3/c1-27-12-19-21(31)30(14-29(19)13-27)18-8-10-28(11-9-18)22(32)20(15-2-3-15)26-23(33)25-17-6-4-16(24)5-7-17/h4-7,12,15,18,20H,2-3,8-11,13-14H2,1H3,(H2,25,26,33). The zero-order chi connectivity index (χ0) is 23.1. The Hall–Kier alpha value is -2.94. The van der Waals surface area contributed by atoms with Gasteiger partial charge in [0, 0.05) is 43.1 Å². The van der Waals surface area contributed by atoms with Crippen molar-refractivity contribution in [1.82, 2.24) is 24.9 Å². The van der Waals surface area contributed by atoms with Gasteiger partial charge >= 0.3 is 6.03 Å². The number of nitrogens with one attached hydrogen (secondary N) is 2. The van der Waals surface area contributed by atoms with Crippen molar-refractivity contribution in [3.63, 3.8) is 0 Å². The number of benzene rings is 1. The summed E-state index contributed by atoms with van der Waals surface area (Å²) in [6.45, 7) is 2.54. The van der Waals surface area contributed by atoms with Crippen LogP contribution in [0.4, 0.5) is 10.5 Å². The van der Waals surface area contributed by atoms with Crippen LogP contribution in [0, 0.1) is 5.92 Å². The molecule has 1 atom stereocenters. The van der Waals surface area contributed by atoms with E-state index in [9.17, 15) is 14.4 Å². The lowest BCUT2D eigenvalue weighted by Gasteiger charge is -2.38. The number of likely N-dealkylation sites (tertiary alicyclic amines) is 1. The molecule has 2 N–H and O–H groups in total. The molecule has 3 aliphatic heterocycles. The summed E-state index contributed by atoms with van der Waals surface area (Å²) in [5.74, 6) is 0.239. The molecule has 1 unspecified atom stereocenters. The lowest BCUT2D eigenvalue weighted by molar-refractivity contribution is -0.136. The first-order chi connectivity index (χ1) is 15.9. The molecule has 0 radical (unpaired) electrons. The van der Waals surface area contributed by atoms with E-state index in [0.717, 1.165) is 38.0 Å². The number of halogens is 1. The van der Waals surface area contributed by atoms with Crippen LogP contribution in [0.25, 0.3) is 0 Å². The number of piperidine rings is 1.